The van der Waals surface area contributed by atoms with E-state index in [1.54, 1.807) is 11.3 Å². The van der Waals surface area contributed by atoms with Crippen LogP contribution >= 0.6 is 50.5 Å². The zero-order valence-corrected chi connectivity index (χ0v) is 13.5. The zero-order chi connectivity index (χ0) is 14.0. The van der Waals surface area contributed by atoms with E-state index in [-0.39, 0.29) is 21.6 Å². The van der Waals surface area contributed by atoms with Crippen molar-refractivity contribution in [2.75, 3.05) is 5.73 Å². The van der Waals surface area contributed by atoms with Crippen LogP contribution in [0.4, 0.5) is 5.69 Å². The Morgan fingerprint density at radius 3 is 2.74 bits per heavy atom. The first-order chi connectivity index (χ1) is 8.99. The number of thiophene rings is 1. The van der Waals surface area contributed by atoms with E-state index in [9.17, 15) is 4.79 Å². The molecule has 0 aliphatic rings. The van der Waals surface area contributed by atoms with E-state index >= 15 is 0 Å². The highest BCUT2D eigenvalue weighted by Gasteiger charge is 2.12. The van der Waals surface area contributed by atoms with Gasteiger partial charge in [0, 0.05) is 14.9 Å². The number of nitrogen functional groups attached to an aromatic ring is 1. The lowest BCUT2D eigenvalue weighted by Crippen LogP contribution is -2.22. The van der Waals surface area contributed by atoms with Crippen molar-refractivity contribution in [2.45, 2.75) is 6.54 Å². The van der Waals surface area contributed by atoms with Gasteiger partial charge in [0.2, 0.25) is 0 Å². The molecule has 0 saturated carbocycles. The van der Waals surface area contributed by atoms with Gasteiger partial charge in [-0.25, -0.2) is 0 Å². The maximum atomic E-state index is 12.0. The number of halogens is 3. The molecule has 2 aromatic rings. The number of benzene rings is 1. The molecule has 1 aromatic heterocycles. The number of rotatable bonds is 3. The fraction of sp³-hybridized carbons (Fsp3) is 0.0833. The molecule has 19 heavy (non-hydrogen) atoms. The highest BCUT2D eigenvalue weighted by Crippen LogP contribution is 2.29. The van der Waals surface area contributed by atoms with Crippen molar-refractivity contribution in [1.29, 1.82) is 0 Å². The minimum absolute atomic E-state index is 0.245. The van der Waals surface area contributed by atoms with Gasteiger partial charge in [-0.05, 0) is 39.5 Å². The molecule has 0 spiro atoms. The maximum absolute atomic E-state index is 12.0. The second kappa shape index (κ2) is 6.13. The Morgan fingerprint density at radius 2 is 2.16 bits per heavy atom. The highest BCUT2D eigenvalue weighted by atomic mass is 79.9. The largest absolute Gasteiger partial charge is 0.397 e. The Kier molecular flexibility index (Phi) is 4.73. The Bertz CT molecular complexity index is 607. The van der Waals surface area contributed by atoms with Crippen molar-refractivity contribution < 1.29 is 4.79 Å². The zero-order valence-electron chi connectivity index (χ0n) is 9.54. The normalized spacial score (nSPS) is 10.5. The molecule has 0 aliphatic heterocycles. The minimum Gasteiger partial charge on any atom is -0.397 e. The van der Waals surface area contributed by atoms with Gasteiger partial charge in [0.1, 0.15) is 0 Å². The average molecular weight is 380 g/mol. The van der Waals surface area contributed by atoms with Crippen LogP contribution in [0.25, 0.3) is 0 Å². The summed E-state index contributed by atoms with van der Waals surface area (Å²) in [5.74, 6) is -0.245. The lowest BCUT2D eigenvalue weighted by atomic mass is 10.2. The minimum atomic E-state index is -0.245. The molecule has 1 aromatic carbocycles. The lowest BCUT2D eigenvalue weighted by molar-refractivity contribution is 0.0951. The van der Waals surface area contributed by atoms with Gasteiger partial charge >= 0.3 is 0 Å². The number of carbonyl (C=O) groups is 1. The smallest absolute Gasteiger partial charge is 0.251 e. The Hall–Kier alpha value is -0.750. The van der Waals surface area contributed by atoms with Crippen LogP contribution in [0.5, 0.6) is 0 Å². The first-order valence-corrected chi connectivity index (χ1v) is 7.66. The molecule has 0 fully saturated rings. The Labute approximate surface area is 132 Å². The van der Waals surface area contributed by atoms with Gasteiger partial charge in [-0.3, -0.25) is 4.79 Å². The van der Waals surface area contributed by atoms with E-state index in [2.05, 4.69) is 21.2 Å². The molecule has 2 rings (SSSR count). The number of hydrogen-bond donors (Lipinski definition) is 2. The monoisotopic (exact) mass is 378 g/mol. The molecule has 1 amide bonds. The van der Waals surface area contributed by atoms with Crippen molar-refractivity contribution in [2.24, 2.45) is 0 Å². The predicted octanol–water partition coefficient (Wildman–Crippen LogP) is 4.33. The second-order valence-electron chi connectivity index (χ2n) is 3.74. The van der Waals surface area contributed by atoms with Gasteiger partial charge in [-0.1, -0.05) is 23.2 Å². The molecule has 1 heterocycles. The van der Waals surface area contributed by atoms with Crippen molar-refractivity contribution >= 4 is 62.1 Å². The number of hydrogen-bond acceptors (Lipinski definition) is 3. The van der Waals surface area contributed by atoms with Crippen LogP contribution in [-0.4, -0.2) is 5.91 Å². The van der Waals surface area contributed by atoms with E-state index in [0.29, 0.717) is 12.1 Å². The van der Waals surface area contributed by atoms with Gasteiger partial charge in [0.25, 0.3) is 5.91 Å². The van der Waals surface area contributed by atoms with Crippen LogP contribution in [0.1, 0.15) is 15.2 Å². The van der Waals surface area contributed by atoms with E-state index in [1.165, 1.54) is 12.1 Å². The summed E-state index contributed by atoms with van der Waals surface area (Å²) in [5, 5.41) is 5.28. The molecule has 0 radical (unpaired) electrons. The summed E-state index contributed by atoms with van der Waals surface area (Å²) < 4.78 is 0.978. The van der Waals surface area contributed by atoms with Crippen LogP contribution in [0, 0.1) is 0 Å². The summed E-state index contributed by atoms with van der Waals surface area (Å²) in [7, 11) is 0. The highest BCUT2D eigenvalue weighted by molar-refractivity contribution is 9.10. The molecular formula is C12H9BrCl2N2OS. The number of nitrogens with one attached hydrogen (secondary N) is 1. The Morgan fingerprint density at radius 1 is 1.42 bits per heavy atom. The van der Waals surface area contributed by atoms with E-state index in [1.807, 2.05) is 11.4 Å². The predicted molar refractivity (Wildman–Crippen MR) is 84.1 cm³/mol. The SMILES string of the molecule is Nc1cc(C(=O)NCc2sccc2Br)cc(Cl)c1Cl. The second-order valence-corrected chi connectivity index (χ2v) is 6.38. The van der Waals surface area contributed by atoms with Crippen LogP contribution in [0.15, 0.2) is 28.1 Å². The molecule has 7 heteroatoms. The van der Waals surface area contributed by atoms with Gasteiger partial charge < -0.3 is 11.1 Å². The standard InChI is InChI=1S/C12H9BrCl2N2OS/c13-7-1-2-19-10(7)5-17-12(18)6-3-8(14)11(15)9(16)4-6/h1-4H,5,16H2,(H,17,18). The van der Waals surface area contributed by atoms with Gasteiger partial charge in [0.05, 0.1) is 22.3 Å². The third-order valence-electron chi connectivity index (χ3n) is 2.42. The fourth-order valence-corrected chi connectivity index (χ4v) is 3.22. The van der Waals surface area contributed by atoms with Crippen LogP contribution in [0.2, 0.25) is 10.0 Å². The first-order valence-electron chi connectivity index (χ1n) is 5.23. The van der Waals surface area contributed by atoms with Crippen molar-refractivity contribution in [1.82, 2.24) is 5.32 Å². The van der Waals surface area contributed by atoms with Gasteiger partial charge in [0.15, 0.2) is 0 Å². The van der Waals surface area contributed by atoms with Crippen molar-refractivity contribution in [3.63, 3.8) is 0 Å². The molecule has 0 aliphatic carbocycles. The average Bonchev–Trinajstić information content (AvgIpc) is 2.78. The quantitative estimate of drug-likeness (QED) is 0.779. The molecule has 100 valence electrons. The fourth-order valence-electron chi connectivity index (χ4n) is 1.46. The molecule has 3 N–H and O–H groups in total. The number of amides is 1. The van der Waals surface area contributed by atoms with Crippen molar-refractivity contribution in [3.05, 3.63) is 48.5 Å². The van der Waals surface area contributed by atoms with Crippen LogP contribution in [0.3, 0.4) is 0 Å². The van der Waals surface area contributed by atoms with E-state index in [4.69, 9.17) is 28.9 Å². The molecule has 0 bridgehead atoms. The molecule has 0 atom stereocenters. The summed E-state index contributed by atoms with van der Waals surface area (Å²) in [4.78, 5) is 13.0. The number of carbonyl (C=O) groups excluding carboxylic acids is 1. The first kappa shape index (κ1) is 14.7. The molecule has 0 unspecified atom stereocenters. The van der Waals surface area contributed by atoms with Crippen LogP contribution in [-0.2, 0) is 6.54 Å². The van der Waals surface area contributed by atoms with Crippen molar-refractivity contribution in [3.8, 4) is 0 Å². The summed E-state index contributed by atoms with van der Waals surface area (Å²) in [6.45, 7) is 0.442. The molecule has 3 nitrogen and oxygen atoms in total. The topological polar surface area (TPSA) is 55.1 Å². The van der Waals surface area contributed by atoms with E-state index < -0.39 is 0 Å². The van der Waals surface area contributed by atoms with Crippen LogP contribution < -0.4 is 11.1 Å². The summed E-state index contributed by atoms with van der Waals surface area (Å²) in [6, 6.07) is 4.94. The summed E-state index contributed by atoms with van der Waals surface area (Å²) in [5.41, 5.74) is 6.35. The number of anilines is 1. The third-order valence-corrected chi connectivity index (χ3v) is 5.16. The molecule has 0 saturated heterocycles. The molecular weight excluding hydrogens is 371 g/mol. The third kappa shape index (κ3) is 3.42. The Balaban J connectivity index is 2.10. The lowest BCUT2D eigenvalue weighted by Gasteiger charge is -2.07. The van der Waals surface area contributed by atoms with E-state index in [0.717, 1.165) is 9.35 Å². The number of nitrogens with two attached hydrogens (primary N) is 1. The van der Waals surface area contributed by atoms with Gasteiger partial charge in [-0.2, -0.15) is 0 Å². The maximum Gasteiger partial charge on any atom is 0.251 e. The summed E-state index contributed by atoms with van der Waals surface area (Å²) in [6.07, 6.45) is 0. The summed E-state index contributed by atoms with van der Waals surface area (Å²) >= 11 is 16.7. The van der Waals surface area contributed by atoms with Gasteiger partial charge in [-0.15, -0.1) is 11.3 Å².